The van der Waals surface area contributed by atoms with Crippen LogP contribution < -0.4 is 0 Å². The number of rotatable bonds is 2. The van der Waals surface area contributed by atoms with E-state index >= 15 is 0 Å². The number of ether oxygens (including phenoxy) is 1. The van der Waals surface area contributed by atoms with E-state index in [0.717, 1.165) is 51.3 Å². The van der Waals surface area contributed by atoms with Crippen LogP contribution in [-0.4, -0.2) is 57.7 Å². The van der Waals surface area contributed by atoms with Crippen LogP contribution in [0.5, 0.6) is 0 Å². The molecule has 0 aliphatic carbocycles. The van der Waals surface area contributed by atoms with E-state index in [4.69, 9.17) is 4.74 Å². The van der Waals surface area contributed by atoms with Crippen molar-refractivity contribution in [1.29, 1.82) is 0 Å². The van der Waals surface area contributed by atoms with Crippen molar-refractivity contribution >= 4 is 6.09 Å². The number of aromatic nitrogens is 2. The van der Waals surface area contributed by atoms with Crippen molar-refractivity contribution in [3.63, 3.8) is 0 Å². The molecule has 1 unspecified atom stereocenters. The number of nitrogens with zero attached hydrogens (tertiary/aromatic N) is 4. The fraction of sp³-hybridized carbons (Fsp3) is 0.714. The van der Waals surface area contributed by atoms with Crippen molar-refractivity contribution in [1.82, 2.24) is 19.4 Å². The van der Waals surface area contributed by atoms with Gasteiger partial charge in [0.15, 0.2) is 0 Å². The number of likely N-dealkylation sites (tertiary alicyclic amines) is 1. The topological polar surface area (TPSA) is 50.6 Å². The van der Waals surface area contributed by atoms with Crippen LogP contribution in [0.4, 0.5) is 4.79 Å². The van der Waals surface area contributed by atoms with E-state index in [9.17, 15) is 4.79 Å². The molecule has 2 aliphatic heterocycles. The van der Waals surface area contributed by atoms with E-state index in [1.165, 1.54) is 0 Å². The Morgan fingerprint density at radius 3 is 2.85 bits per heavy atom. The Balaban J connectivity index is 1.63. The maximum Gasteiger partial charge on any atom is 0.410 e. The predicted octanol–water partition coefficient (Wildman–Crippen LogP) is 1.23. The second kappa shape index (κ2) is 5.09. The Morgan fingerprint density at radius 2 is 2.20 bits per heavy atom. The van der Waals surface area contributed by atoms with Crippen molar-refractivity contribution in [3.05, 3.63) is 18.2 Å². The molecule has 1 aromatic heterocycles. The second-order valence-corrected chi connectivity index (χ2v) is 5.99. The van der Waals surface area contributed by atoms with Crippen LogP contribution >= 0.6 is 0 Å². The van der Waals surface area contributed by atoms with E-state index < -0.39 is 0 Å². The van der Waals surface area contributed by atoms with E-state index in [2.05, 4.69) is 14.5 Å². The Kier molecular flexibility index (Phi) is 3.41. The number of aryl methyl sites for hydroxylation is 1. The van der Waals surface area contributed by atoms with Crippen molar-refractivity contribution in [2.75, 3.05) is 26.7 Å². The zero-order valence-corrected chi connectivity index (χ0v) is 12.2. The first-order chi connectivity index (χ1) is 9.58. The summed E-state index contributed by atoms with van der Waals surface area (Å²) >= 11 is 0. The molecule has 0 aromatic carbocycles. The van der Waals surface area contributed by atoms with Crippen LogP contribution in [0.25, 0.3) is 0 Å². The number of amides is 1. The summed E-state index contributed by atoms with van der Waals surface area (Å²) in [6, 6.07) is 0. The van der Waals surface area contributed by atoms with E-state index in [-0.39, 0.29) is 11.7 Å². The minimum absolute atomic E-state index is 0.178. The van der Waals surface area contributed by atoms with Gasteiger partial charge in [0.1, 0.15) is 11.4 Å². The summed E-state index contributed by atoms with van der Waals surface area (Å²) in [5.41, 5.74) is -0.262. The van der Waals surface area contributed by atoms with Gasteiger partial charge < -0.3 is 14.2 Å². The normalized spacial score (nSPS) is 27.9. The highest BCUT2D eigenvalue weighted by Gasteiger charge is 2.44. The number of carbonyl (C=O) groups excluding carboxylic acids is 1. The third-order valence-electron chi connectivity index (χ3n) is 4.42. The van der Waals surface area contributed by atoms with Crippen LogP contribution in [0, 0.1) is 0 Å². The number of likely N-dealkylation sites (N-methyl/N-ethyl adjacent to an activating group) is 1. The molecule has 2 fully saturated rings. The maximum atomic E-state index is 11.6. The Labute approximate surface area is 119 Å². The van der Waals surface area contributed by atoms with Crippen LogP contribution in [0.1, 0.15) is 25.1 Å². The molecular formula is C14H22N4O2. The Hall–Kier alpha value is -1.56. The highest BCUT2D eigenvalue weighted by atomic mass is 16.6. The lowest BCUT2D eigenvalue weighted by molar-refractivity contribution is 0.0442. The maximum absolute atomic E-state index is 11.6. The molecule has 0 N–H and O–H groups in total. The number of carbonyl (C=O) groups is 1. The highest BCUT2D eigenvalue weighted by Crippen LogP contribution is 2.32. The molecule has 20 heavy (non-hydrogen) atoms. The first kappa shape index (κ1) is 13.4. The summed E-state index contributed by atoms with van der Waals surface area (Å²) in [5.74, 6) is 1.08. The van der Waals surface area contributed by atoms with Crippen molar-refractivity contribution < 1.29 is 9.53 Å². The minimum atomic E-state index is -0.262. The van der Waals surface area contributed by atoms with Gasteiger partial charge in [0.2, 0.25) is 0 Å². The van der Waals surface area contributed by atoms with Gasteiger partial charge in [-0.2, -0.15) is 0 Å². The first-order valence-electron chi connectivity index (χ1n) is 7.21. The lowest BCUT2D eigenvalue weighted by Crippen LogP contribution is -2.35. The van der Waals surface area contributed by atoms with E-state index in [1.54, 1.807) is 4.90 Å². The number of hydrogen-bond acceptors (Lipinski definition) is 4. The van der Waals surface area contributed by atoms with Gasteiger partial charge in [-0.15, -0.1) is 0 Å². The van der Waals surface area contributed by atoms with Gasteiger partial charge in [0.05, 0.1) is 13.1 Å². The molecule has 0 saturated carbocycles. The van der Waals surface area contributed by atoms with Crippen LogP contribution in [0.3, 0.4) is 0 Å². The SMILES string of the molecule is CN1CC2(CCCN(Cc3nccn3C)CC2)OC1=O. The fourth-order valence-corrected chi connectivity index (χ4v) is 3.18. The van der Waals surface area contributed by atoms with Gasteiger partial charge in [-0.3, -0.25) is 4.90 Å². The van der Waals surface area contributed by atoms with Gasteiger partial charge in [-0.05, 0) is 19.4 Å². The lowest BCUT2D eigenvalue weighted by atomic mass is 9.95. The predicted molar refractivity (Wildman–Crippen MR) is 74.2 cm³/mol. The van der Waals surface area contributed by atoms with Gasteiger partial charge in [0, 0.05) is 39.5 Å². The monoisotopic (exact) mass is 278 g/mol. The molecule has 2 aliphatic rings. The second-order valence-electron chi connectivity index (χ2n) is 5.99. The molecule has 1 atom stereocenters. The minimum Gasteiger partial charge on any atom is -0.441 e. The van der Waals surface area contributed by atoms with Gasteiger partial charge in [-0.1, -0.05) is 0 Å². The Morgan fingerprint density at radius 1 is 1.35 bits per heavy atom. The zero-order chi connectivity index (χ0) is 14.2. The number of imidazole rings is 1. The van der Waals surface area contributed by atoms with E-state index in [0.29, 0.717) is 0 Å². The summed E-state index contributed by atoms with van der Waals surface area (Å²) in [6.07, 6.45) is 6.56. The molecule has 6 heteroatoms. The zero-order valence-electron chi connectivity index (χ0n) is 12.2. The quantitative estimate of drug-likeness (QED) is 0.816. The van der Waals surface area contributed by atoms with Crippen molar-refractivity contribution in [2.24, 2.45) is 7.05 Å². The first-order valence-corrected chi connectivity index (χ1v) is 7.21. The third-order valence-corrected chi connectivity index (χ3v) is 4.42. The molecule has 2 saturated heterocycles. The Bertz CT molecular complexity index is 501. The average molecular weight is 278 g/mol. The van der Waals surface area contributed by atoms with Crippen molar-refractivity contribution in [3.8, 4) is 0 Å². The van der Waals surface area contributed by atoms with Gasteiger partial charge in [-0.25, -0.2) is 9.78 Å². The lowest BCUT2D eigenvalue weighted by Gasteiger charge is -2.25. The van der Waals surface area contributed by atoms with Crippen LogP contribution in [-0.2, 0) is 18.3 Å². The highest BCUT2D eigenvalue weighted by molar-refractivity contribution is 5.70. The van der Waals surface area contributed by atoms with E-state index in [1.807, 2.05) is 26.5 Å². The fourth-order valence-electron chi connectivity index (χ4n) is 3.18. The summed E-state index contributed by atoms with van der Waals surface area (Å²) < 4.78 is 7.69. The molecule has 1 aromatic rings. The molecule has 0 radical (unpaired) electrons. The van der Waals surface area contributed by atoms with Crippen molar-refractivity contribution in [2.45, 2.75) is 31.4 Å². The molecular weight excluding hydrogens is 256 g/mol. The molecule has 3 heterocycles. The summed E-state index contributed by atoms with van der Waals surface area (Å²) in [7, 11) is 3.84. The van der Waals surface area contributed by atoms with Gasteiger partial charge >= 0.3 is 6.09 Å². The summed E-state index contributed by atoms with van der Waals surface area (Å²) in [6.45, 7) is 3.58. The summed E-state index contributed by atoms with van der Waals surface area (Å²) in [5, 5.41) is 0. The van der Waals surface area contributed by atoms with Crippen LogP contribution in [0.2, 0.25) is 0 Å². The molecule has 6 nitrogen and oxygen atoms in total. The number of hydrogen-bond donors (Lipinski definition) is 0. The summed E-state index contributed by atoms with van der Waals surface area (Å²) in [4.78, 5) is 20.1. The average Bonchev–Trinajstić information content (AvgIpc) is 2.84. The third kappa shape index (κ3) is 2.52. The molecule has 0 bridgehead atoms. The smallest absolute Gasteiger partial charge is 0.410 e. The molecule has 110 valence electrons. The van der Waals surface area contributed by atoms with Crippen LogP contribution in [0.15, 0.2) is 12.4 Å². The standard InChI is InChI=1S/C14H22N4O2/c1-16-9-6-15-12(16)10-18-7-3-4-14(5-8-18)11-17(2)13(19)20-14/h6,9H,3-5,7-8,10-11H2,1-2H3. The largest absolute Gasteiger partial charge is 0.441 e. The molecule has 1 amide bonds. The molecule has 3 rings (SSSR count). The van der Waals surface area contributed by atoms with Gasteiger partial charge in [0.25, 0.3) is 0 Å². The molecule has 1 spiro atoms.